The topological polar surface area (TPSA) is 80.0 Å². The van der Waals surface area contributed by atoms with Gasteiger partial charge < -0.3 is 11.1 Å². The van der Waals surface area contributed by atoms with Crippen molar-refractivity contribution in [3.05, 3.63) is 53.7 Å². The molecule has 0 aliphatic heterocycles. The van der Waals surface area contributed by atoms with Crippen LogP contribution in [0.5, 0.6) is 0 Å². The molecule has 2 rings (SSSR count). The number of nitrogens with two attached hydrogens (primary N) is 1. The molecule has 0 aliphatic rings. The molecule has 1 aromatic heterocycles. The van der Waals surface area contributed by atoms with Gasteiger partial charge in [-0.25, -0.2) is 9.78 Å². The van der Waals surface area contributed by atoms with Crippen molar-refractivity contribution in [2.45, 2.75) is 19.9 Å². The summed E-state index contributed by atoms with van der Waals surface area (Å²) in [6, 6.07) is 10.7. The first-order chi connectivity index (χ1) is 9.54. The fraction of sp³-hybridized carbons (Fsp3) is 0.200. The van der Waals surface area contributed by atoms with Crippen LogP contribution >= 0.6 is 0 Å². The van der Waals surface area contributed by atoms with E-state index in [1.807, 2.05) is 44.2 Å². The Kier molecular flexibility index (Phi) is 4.32. The Morgan fingerprint density at radius 3 is 2.70 bits per heavy atom. The Hall–Kier alpha value is -2.40. The molecule has 1 atom stereocenters. The number of benzene rings is 1. The number of nitrogens with one attached hydrogen (secondary N) is 2. The Labute approximate surface area is 118 Å². The largest absolute Gasteiger partial charge is 0.324 e. The summed E-state index contributed by atoms with van der Waals surface area (Å²) >= 11 is 0. The maximum absolute atomic E-state index is 11.9. The van der Waals surface area contributed by atoms with Crippen LogP contribution in [-0.2, 0) is 0 Å². The normalized spacial score (nSPS) is 11.8. The number of anilines is 2. The third-order valence-electron chi connectivity index (χ3n) is 2.82. The molecule has 1 unspecified atom stereocenters. The lowest BCUT2D eigenvalue weighted by atomic mass is 10.1. The molecule has 4 N–H and O–H groups in total. The maximum atomic E-state index is 11.9. The van der Waals surface area contributed by atoms with Gasteiger partial charge in [-0.2, -0.15) is 0 Å². The summed E-state index contributed by atoms with van der Waals surface area (Å²) in [6.07, 6.45) is 1.70. The monoisotopic (exact) mass is 270 g/mol. The molecule has 0 spiro atoms. The standard InChI is InChI=1S/C15H18N4O/c1-10-6-7-14(17-9-10)19-15(20)18-13-5-3-4-12(8-13)11(2)16/h3-9,11H,16H2,1-2H3,(H2,17,18,19,20). The molecule has 2 amide bonds. The highest BCUT2D eigenvalue weighted by Gasteiger charge is 2.05. The number of aromatic nitrogens is 1. The molecular weight excluding hydrogens is 252 g/mol. The van der Waals surface area contributed by atoms with E-state index in [0.717, 1.165) is 11.1 Å². The van der Waals surface area contributed by atoms with Crippen LogP contribution in [0.25, 0.3) is 0 Å². The number of nitrogens with zero attached hydrogens (tertiary/aromatic N) is 1. The number of hydrogen-bond donors (Lipinski definition) is 3. The van der Waals surface area contributed by atoms with Crippen LogP contribution in [0.1, 0.15) is 24.1 Å². The van der Waals surface area contributed by atoms with Crippen LogP contribution in [-0.4, -0.2) is 11.0 Å². The summed E-state index contributed by atoms with van der Waals surface area (Å²) in [7, 11) is 0. The van der Waals surface area contributed by atoms with Gasteiger partial charge in [0.25, 0.3) is 0 Å². The van der Waals surface area contributed by atoms with Crippen molar-refractivity contribution in [1.29, 1.82) is 0 Å². The van der Waals surface area contributed by atoms with Crippen LogP contribution in [0, 0.1) is 6.92 Å². The number of rotatable bonds is 3. The fourth-order valence-corrected chi connectivity index (χ4v) is 1.72. The quantitative estimate of drug-likeness (QED) is 0.802. The van der Waals surface area contributed by atoms with Gasteiger partial charge in [0.05, 0.1) is 0 Å². The lowest BCUT2D eigenvalue weighted by molar-refractivity contribution is 0.262. The molecule has 5 nitrogen and oxygen atoms in total. The summed E-state index contributed by atoms with van der Waals surface area (Å²) in [5, 5.41) is 5.43. The van der Waals surface area contributed by atoms with E-state index in [9.17, 15) is 4.79 Å². The molecule has 1 heterocycles. The highest BCUT2D eigenvalue weighted by atomic mass is 16.2. The molecule has 2 aromatic rings. The van der Waals surface area contributed by atoms with Crippen molar-refractivity contribution < 1.29 is 4.79 Å². The van der Waals surface area contributed by atoms with Gasteiger partial charge in [-0.3, -0.25) is 5.32 Å². The van der Waals surface area contributed by atoms with E-state index < -0.39 is 0 Å². The second kappa shape index (κ2) is 6.16. The third kappa shape index (κ3) is 3.80. The number of hydrogen-bond acceptors (Lipinski definition) is 3. The second-order valence-corrected chi connectivity index (χ2v) is 4.71. The fourth-order valence-electron chi connectivity index (χ4n) is 1.72. The van der Waals surface area contributed by atoms with Crippen molar-refractivity contribution in [1.82, 2.24) is 4.98 Å². The molecule has 0 aliphatic carbocycles. The minimum atomic E-state index is -0.330. The molecule has 104 valence electrons. The van der Waals surface area contributed by atoms with E-state index in [1.54, 1.807) is 12.3 Å². The van der Waals surface area contributed by atoms with Crippen LogP contribution in [0.3, 0.4) is 0 Å². The van der Waals surface area contributed by atoms with Gasteiger partial charge in [0, 0.05) is 17.9 Å². The van der Waals surface area contributed by atoms with Gasteiger partial charge in [-0.1, -0.05) is 18.2 Å². The number of carbonyl (C=O) groups is 1. The second-order valence-electron chi connectivity index (χ2n) is 4.71. The van der Waals surface area contributed by atoms with E-state index >= 15 is 0 Å². The van der Waals surface area contributed by atoms with E-state index in [1.165, 1.54) is 0 Å². The smallest absolute Gasteiger partial charge is 0.324 e. The van der Waals surface area contributed by atoms with Crippen molar-refractivity contribution in [3.63, 3.8) is 0 Å². The molecular formula is C15H18N4O. The van der Waals surface area contributed by atoms with Crippen LogP contribution < -0.4 is 16.4 Å². The number of pyridine rings is 1. The Balaban J connectivity index is 2.01. The minimum absolute atomic E-state index is 0.0708. The lowest BCUT2D eigenvalue weighted by Gasteiger charge is -2.10. The first kappa shape index (κ1) is 14.0. The number of urea groups is 1. The highest BCUT2D eigenvalue weighted by molar-refractivity contribution is 5.99. The van der Waals surface area contributed by atoms with Gasteiger partial charge in [-0.05, 0) is 43.2 Å². The lowest BCUT2D eigenvalue weighted by Crippen LogP contribution is -2.20. The molecule has 0 bridgehead atoms. The molecule has 5 heteroatoms. The van der Waals surface area contributed by atoms with Gasteiger partial charge >= 0.3 is 6.03 Å². The number of amides is 2. The van der Waals surface area contributed by atoms with Crippen molar-refractivity contribution in [2.75, 3.05) is 10.6 Å². The van der Waals surface area contributed by atoms with Gasteiger partial charge in [-0.15, -0.1) is 0 Å². The van der Waals surface area contributed by atoms with Gasteiger partial charge in [0.15, 0.2) is 0 Å². The SMILES string of the molecule is Cc1ccc(NC(=O)Nc2cccc(C(C)N)c2)nc1. The first-order valence-electron chi connectivity index (χ1n) is 6.41. The van der Waals surface area contributed by atoms with E-state index in [2.05, 4.69) is 15.6 Å². The first-order valence-corrected chi connectivity index (χ1v) is 6.41. The maximum Gasteiger partial charge on any atom is 0.324 e. The summed E-state index contributed by atoms with van der Waals surface area (Å²) in [4.78, 5) is 16.0. The van der Waals surface area contributed by atoms with Crippen molar-refractivity contribution in [2.24, 2.45) is 5.73 Å². The molecule has 0 radical (unpaired) electrons. The van der Waals surface area contributed by atoms with Crippen LogP contribution in [0.2, 0.25) is 0 Å². The summed E-state index contributed by atoms with van der Waals surface area (Å²) in [5.74, 6) is 0.511. The number of aryl methyl sites for hydroxylation is 1. The molecule has 0 fully saturated rings. The summed E-state index contributed by atoms with van der Waals surface area (Å²) in [6.45, 7) is 3.84. The predicted octanol–water partition coefficient (Wildman–Crippen LogP) is 3.05. The van der Waals surface area contributed by atoms with E-state index in [4.69, 9.17) is 5.73 Å². The molecule has 0 saturated carbocycles. The molecule has 20 heavy (non-hydrogen) atoms. The molecule has 0 saturated heterocycles. The van der Waals surface area contributed by atoms with Crippen molar-refractivity contribution >= 4 is 17.5 Å². The minimum Gasteiger partial charge on any atom is -0.324 e. The van der Waals surface area contributed by atoms with Crippen LogP contribution in [0.4, 0.5) is 16.3 Å². The zero-order valence-electron chi connectivity index (χ0n) is 11.6. The summed E-state index contributed by atoms with van der Waals surface area (Å²) in [5.41, 5.74) is 8.52. The van der Waals surface area contributed by atoms with Gasteiger partial charge in [0.2, 0.25) is 0 Å². The average molecular weight is 270 g/mol. The Morgan fingerprint density at radius 1 is 1.25 bits per heavy atom. The predicted molar refractivity (Wildman–Crippen MR) is 80.7 cm³/mol. The van der Waals surface area contributed by atoms with E-state index in [0.29, 0.717) is 11.5 Å². The zero-order chi connectivity index (χ0) is 14.5. The highest BCUT2D eigenvalue weighted by Crippen LogP contribution is 2.15. The Morgan fingerprint density at radius 2 is 2.05 bits per heavy atom. The van der Waals surface area contributed by atoms with Gasteiger partial charge in [0.1, 0.15) is 5.82 Å². The third-order valence-corrected chi connectivity index (χ3v) is 2.82. The summed E-state index contributed by atoms with van der Waals surface area (Å²) < 4.78 is 0. The van der Waals surface area contributed by atoms with E-state index in [-0.39, 0.29) is 12.1 Å². The average Bonchev–Trinajstić information content (AvgIpc) is 2.41. The molecule has 1 aromatic carbocycles. The zero-order valence-corrected chi connectivity index (χ0v) is 11.6. The number of carbonyl (C=O) groups excluding carboxylic acids is 1. The van der Waals surface area contributed by atoms with Crippen LogP contribution in [0.15, 0.2) is 42.6 Å². The van der Waals surface area contributed by atoms with Crippen molar-refractivity contribution in [3.8, 4) is 0 Å². The Bertz CT molecular complexity index is 593.